The average Bonchev–Trinajstić information content (AvgIpc) is 3.15. The lowest BCUT2D eigenvalue weighted by atomic mass is 9.81. The second kappa shape index (κ2) is 7.71. The van der Waals surface area contributed by atoms with Crippen LogP contribution in [0.1, 0.15) is 77.3 Å². The van der Waals surface area contributed by atoms with Crippen molar-refractivity contribution in [3.05, 3.63) is 34.2 Å². The number of rotatable bonds is 2. The van der Waals surface area contributed by atoms with Crippen molar-refractivity contribution in [1.29, 1.82) is 0 Å². The van der Waals surface area contributed by atoms with Crippen LogP contribution in [0.2, 0.25) is 0 Å². The molecule has 9 heteroatoms. The highest BCUT2D eigenvalue weighted by Crippen LogP contribution is 2.52. The first-order valence-corrected chi connectivity index (χ1v) is 12.1. The van der Waals surface area contributed by atoms with Gasteiger partial charge in [0.2, 0.25) is 11.8 Å². The molecule has 1 aromatic heterocycles. The molecule has 9 nitrogen and oxygen atoms in total. The molecular weight excluding hydrogens is 436 g/mol. The molecule has 34 heavy (non-hydrogen) atoms. The molecule has 4 heterocycles. The molecule has 3 aliphatic rings. The number of nitrogens with zero attached hydrogens (tertiary/aromatic N) is 3. The standard InChI is InChI=1S/C25H32N4O5/c1-24(2,3)34-23(33)29-15-7-6-13-25(29,14-12-15)16-8-5-9-17-20(16)27(4)22(32)28(17)18-10-11-19(30)26-21(18)31/h5,8-9,15,18H,6-7,10-14H2,1-4H3,(H,26,30,31). The SMILES string of the molecule is Cn1c(=O)n(C2CCC(=O)NC2=O)c2cccc(C34CCCC(CC3)N4C(=O)OC(C)(C)C)c21. The van der Waals surface area contributed by atoms with Crippen molar-refractivity contribution in [2.45, 2.75) is 88.9 Å². The fraction of sp³-hybridized carbons (Fsp3) is 0.600. The molecule has 182 valence electrons. The fourth-order valence-electron chi connectivity index (χ4n) is 6.23. The summed E-state index contributed by atoms with van der Waals surface area (Å²) in [7, 11) is 1.71. The number of aryl methyl sites for hydroxylation is 1. The summed E-state index contributed by atoms with van der Waals surface area (Å²) in [5.74, 6) is -0.773. The first-order valence-electron chi connectivity index (χ1n) is 12.1. The molecule has 5 rings (SSSR count). The van der Waals surface area contributed by atoms with Crippen molar-refractivity contribution < 1.29 is 19.1 Å². The maximum atomic E-state index is 13.4. The van der Waals surface area contributed by atoms with Crippen LogP contribution >= 0.6 is 0 Å². The third kappa shape index (κ3) is 3.35. The minimum absolute atomic E-state index is 0.105. The Balaban J connectivity index is 1.67. The largest absolute Gasteiger partial charge is 0.444 e. The Morgan fingerprint density at radius 2 is 1.88 bits per heavy atom. The van der Waals surface area contributed by atoms with Gasteiger partial charge in [0.15, 0.2) is 0 Å². The lowest BCUT2D eigenvalue weighted by molar-refractivity contribution is -0.135. The van der Waals surface area contributed by atoms with Crippen molar-refractivity contribution in [1.82, 2.24) is 19.4 Å². The van der Waals surface area contributed by atoms with Gasteiger partial charge in [0.1, 0.15) is 11.6 Å². The number of carbonyl (C=O) groups excluding carboxylic acids is 3. The molecule has 3 unspecified atom stereocenters. The van der Waals surface area contributed by atoms with Gasteiger partial charge in [-0.15, -0.1) is 0 Å². The molecule has 0 radical (unpaired) electrons. The van der Waals surface area contributed by atoms with Crippen molar-refractivity contribution in [2.75, 3.05) is 0 Å². The van der Waals surface area contributed by atoms with Gasteiger partial charge in [0.05, 0.1) is 16.6 Å². The minimum Gasteiger partial charge on any atom is -0.444 e. The van der Waals surface area contributed by atoms with Gasteiger partial charge in [0.25, 0.3) is 0 Å². The Morgan fingerprint density at radius 3 is 2.59 bits per heavy atom. The van der Waals surface area contributed by atoms with Crippen LogP contribution in [0.25, 0.3) is 11.0 Å². The van der Waals surface area contributed by atoms with E-state index in [-0.39, 0.29) is 36.6 Å². The summed E-state index contributed by atoms with van der Waals surface area (Å²) in [5.41, 5.74) is 0.821. The average molecular weight is 469 g/mol. The highest BCUT2D eigenvalue weighted by atomic mass is 16.6. The number of fused-ring (bicyclic) bond motifs is 3. The van der Waals surface area contributed by atoms with Crippen molar-refractivity contribution in [3.63, 3.8) is 0 Å². The molecule has 0 saturated carbocycles. The first kappa shape index (κ1) is 22.7. The molecule has 3 amide bonds. The summed E-state index contributed by atoms with van der Waals surface area (Å²) in [5, 5.41) is 2.36. The number of aromatic nitrogens is 2. The molecular formula is C25H32N4O5. The molecule has 3 aliphatic heterocycles. The Morgan fingerprint density at radius 1 is 1.12 bits per heavy atom. The van der Waals surface area contributed by atoms with Crippen LogP contribution in [0.3, 0.4) is 0 Å². The summed E-state index contributed by atoms with van der Waals surface area (Å²) in [4.78, 5) is 53.0. The van der Waals surface area contributed by atoms with E-state index < -0.39 is 23.1 Å². The van der Waals surface area contributed by atoms with Gasteiger partial charge >= 0.3 is 11.8 Å². The third-order valence-electron chi connectivity index (χ3n) is 7.56. The highest BCUT2D eigenvalue weighted by molar-refractivity contribution is 6.00. The molecule has 3 atom stereocenters. The zero-order valence-electron chi connectivity index (χ0n) is 20.2. The van der Waals surface area contributed by atoms with Gasteiger partial charge in [-0.1, -0.05) is 12.1 Å². The Bertz CT molecular complexity index is 1250. The number of imide groups is 1. The number of hydrogen-bond donors (Lipinski definition) is 1. The second-order valence-corrected chi connectivity index (χ2v) is 10.8. The summed E-state index contributed by atoms with van der Waals surface area (Å²) in [6.07, 6.45) is 4.56. The lowest BCUT2D eigenvalue weighted by Gasteiger charge is -2.45. The van der Waals surface area contributed by atoms with Crippen LogP contribution in [0.15, 0.2) is 23.0 Å². The number of nitrogens with one attached hydrogen (secondary N) is 1. The Kier molecular flexibility index (Phi) is 5.15. The maximum Gasteiger partial charge on any atom is 0.411 e. The van der Waals surface area contributed by atoms with E-state index >= 15 is 0 Å². The van der Waals surface area contributed by atoms with Crippen LogP contribution in [0.5, 0.6) is 0 Å². The topological polar surface area (TPSA) is 103 Å². The molecule has 2 bridgehead atoms. The number of hydrogen-bond acceptors (Lipinski definition) is 5. The van der Waals surface area contributed by atoms with Crippen LogP contribution in [0, 0.1) is 0 Å². The Hall–Kier alpha value is -3.10. The van der Waals surface area contributed by atoms with Gasteiger partial charge in [-0.3, -0.25) is 28.9 Å². The van der Waals surface area contributed by atoms with E-state index in [0.29, 0.717) is 5.52 Å². The summed E-state index contributed by atoms with van der Waals surface area (Å²) in [6, 6.07) is 5.10. The van der Waals surface area contributed by atoms with E-state index in [1.807, 2.05) is 43.9 Å². The number of ether oxygens (including phenoxy) is 1. The van der Waals surface area contributed by atoms with Crippen LogP contribution in [-0.4, -0.2) is 43.6 Å². The van der Waals surface area contributed by atoms with E-state index in [4.69, 9.17) is 4.74 Å². The smallest absolute Gasteiger partial charge is 0.411 e. The van der Waals surface area contributed by atoms with E-state index in [2.05, 4.69) is 5.32 Å². The molecule has 2 aromatic rings. The summed E-state index contributed by atoms with van der Waals surface area (Å²) < 4.78 is 8.91. The first-order chi connectivity index (χ1) is 16.0. The Labute approximate surface area is 198 Å². The predicted octanol–water partition coefficient (Wildman–Crippen LogP) is 3.10. The minimum atomic E-state index is -0.744. The normalized spacial score (nSPS) is 27.2. The van der Waals surface area contributed by atoms with E-state index in [9.17, 15) is 19.2 Å². The summed E-state index contributed by atoms with van der Waals surface area (Å²) in [6.45, 7) is 5.61. The number of piperidine rings is 2. The van der Waals surface area contributed by atoms with Crippen LogP contribution in [0.4, 0.5) is 4.79 Å². The number of benzene rings is 1. The molecule has 3 saturated heterocycles. The van der Waals surface area contributed by atoms with E-state index in [0.717, 1.165) is 43.2 Å². The van der Waals surface area contributed by atoms with Crippen molar-refractivity contribution in [2.24, 2.45) is 7.05 Å². The molecule has 0 aliphatic carbocycles. The van der Waals surface area contributed by atoms with E-state index in [1.165, 1.54) is 4.57 Å². The zero-order chi connectivity index (χ0) is 24.4. The van der Waals surface area contributed by atoms with Crippen LogP contribution < -0.4 is 11.0 Å². The van der Waals surface area contributed by atoms with Gasteiger partial charge in [0, 0.05) is 25.1 Å². The molecule has 0 spiro atoms. The van der Waals surface area contributed by atoms with Crippen molar-refractivity contribution >= 4 is 28.9 Å². The number of carbonyl (C=O) groups is 3. The molecule has 1 N–H and O–H groups in total. The van der Waals surface area contributed by atoms with Gasteiger partial charge in [-0.25, -0.2) is 9.59 Å². The molecule has 1 aromatic carbocycles. The second-order valence-electron chi connectivity index (χ2n) is 10.8. The summed E-state index contributed by atoms with van der Waals surface area (Å²) >= 11 is 0. The van der Waals surface area contributed by atoms with Gasteiger partial charge in [-0.2, -0.15) is 0 Å². The predicted molar refractivity (Wildman–Crippen MR) is 125 cm³/mol. The monoisotopic (exact) mass is 468 g/mol. The van der Waals surface area contributed by atoms with Crippen molar-refractivity contribution in [3.8, 4) is 0 Å². The fourth-order valence-corrected chi connectivity index (χ4v) is 6.23. The maximum absolute atomic E-state index is 13.4. The lowest BCUT2D eigenvalue weighted by Crippen LogP contribution is -2.53. The quantitative estimate of drug-likeness (QED) is 0.683. The third-order valence-corrected chi connectivity index (χ3v) is 7.56. The number of imidazole rings is 1. The van der Waals surface area contributed by atoms with E-state index in [1.54, 1.807) is 11.6 Å². The molecule has 3 fully saturated rings. The van der Waals surface area contributed by atoms with Crippen LogP contribution in [-0.2, 0) is 26.9 Å². The van der Waals surface area contributed by atoms with Gasteiger partial charge in [-0.05, 0) is 65.4 Å². The number of para-hydroxylation sites is 1. The number of amides is 3. The zero-order valence-corrected chi connectivity index (χ0v) is 20.2. The van der Waals surface area contributed by atoms with Gasteiger partial charge < -0.3 is 4.74 Å². The highest BCUT2D eigenvalue weighted by Gasteiger charge is 2.54.